The minimum atomic E-state index is -0.393. The largest absolute Gasteiger partial charge is 0.346 e. The van der Waals surface area contributed by atoms with E-state index in [0.717, 1.165) is 18.4 Å². The molecule has 1 heterocycles. The van der Waals surface area contributed by atoms with Crippen molar-refractivity contribution >= 4 is 16.8 Å². The summed E-state index contributed by atoms with van der Waals surface area (Å²) in [5, 5.41) is 3.90. The van der Waals surface area contributed by atoms with Crippen LogP contribution in [0.4, 0.5) is 4.39 Å². The van der Waals surface area contributed by atoms with Gasteiger partial charge in [0.05, 0.1) is 5.56 Å². The van der Waals surface area contributed by atoms with Crippen molar-refractivity contribution in [2.24, 2.45) is 5.92 Å². The highest BCUT2D eigenvalue weighted by Crippen LogP contribution is 2.25. The molecule has 0 bridgehead atoms. The van der Waals surface area contributed by atoms with Gasteiger partial charge in [0.15, 0.2) is 0 Å². The van der Waals surface area contributed by atoms with E-state index in [-0.39, 0.29) is 11.7 Å². The zero-order valence-electron chi connectivity index (χ0n) is 16.9. The monoisotopic (exact) mass is 378 g/mol. The highest BCUT2D eigenvalue weighted by molar-refractivity contribution is 6.00. The topological polar surface area (TPSA) is 42.0 Å². The van der Waals surface area contributed by atoms with E-state index in [1.807, 2.05) is 25.1 Å². The summed E-state index contributed by atoms with van der Waals surface area (Å²) in [6.45, 7) is 8.23. The van der Waals surface area contributed by atoms with Crippen LogP contribution in [0, 0.1) is 18.7 Å². The molecule has 3 aromatic rings. The highest BCUT2D eigenvalue weighted by atomic mass is 19.1. The molecular formula is C24H27FN2O. The minimum Gasteiger partial charge on any atom is -0.346 e. The van der Waals surface area contributed by atoms with E-state index in [4.69, 9.17) is 0 Å². The van der Waals surface area contributed by atoms with Crippen molar-refractivity contribution in [1.29, 1.82) is 0 Å². The summed E-state index contributed by atoms with van der Waals surface area (Å²) < 4.78 is 14.0. The number of halogens is 1. The Hall–Kier alpha value is -2.75. The van der Waals surface area contributed by atoms with Crippen molar-refractivity contribution in [1.82, 2.24) is 10.3 Å². The van der Waals surface area contributed by atoms with Gasteiger partial charge >= 0.3 is 0 Å². The Bertz CT molecular complexity index is 985. The Morgan fingerprint density at radius 2 is 1.86 bits per heavy atom. The van der Waals surface area contributed by atoms with Crippen LogP contribution >= 0.6 is 0 Å². The molecule has 0 fully saturated rings. The number of benzene rings is 2. The number of carbonyl (C=O) groups excluding carboxylic acids is 1. The quantitative estimate of drug-likeness (QED) is 0.619. The average Bonchev–Trinajstić information content (AvgIpc) is 2.62. The zero-order chi connectivity index (χ0) is 20.3. The maximum absolute atomic E-state index is 14.0. The van der Waals surface area contributed by atoms with Crippen LogP contribution in [0.5, 0.6) is 0 Å². The molecule has 0 aliphatic heterocycles. The standard InChI is InChI=1S/C24H27FN2O/c1-16(2)13-24(4,14-18-9-6-5-7-10-18)27-23(28)20-15-26-22-19(17(20)3)11-8-12-21(22)25/h5-12,15-16H,13-14H2,1-4H3,(H,27,28). The van der Waals surface area contributed by atoms with Crippen molar-refractivity contribution in [2.45, 2.75) is 46.1 Å². The number of aromatic nitrogens is 1. The fourth-order valence-corrected chi connectivity index (χ4v) is 4.01. The van der Waals surface area contributed by atoms with Crippen molar-refractivity contribution in [2.75, 3.05) is 0 Å². The number of para-hydroxylation sites is 1. The average molecular weight is 378 g/mol. The minimum absolute atomic E-state index is 0.171. The number of nitrogens with one attached hydrogen (secondary N) is 1. The SMILES string of the molecule is Cc1c(C(=O)NC(C)(Cc2ccccc2)CC(C)C)cnc2c(F)cccc12. The maximum atomic E-state index is 14.0. The number of rotatable bonds is 6. The lowest BCUT2D eigenvalue weighted by Gasteiger charge is -2.33. The van der Waals surface area contributed by atoms with E-state index < -0.39 is 5.54 Å². The van der Waals surface area contributed by atoms with Gasteiger partial charge in [0, 0.05) is 17.1 Å². The third-order valence-electron chi connectivity index (χ3n) is 5.07. The summed E-state index contributed by atoms with van der Waals surface area (Å²) in [7, 11) is 0. The lowest BCUT2D eigenvalue weighted by Crippen LogP contribution is -2.48. The van der Waals surface area contributed by atoms with Gasteiger partial charge in [-0.05, 0) is 49.8 Å². The highest BCUT2D eigenvalue weighted by Gasteiger charge is 2.29. The van der Waals surface area contributed by atoms with Gasteiger partial charge in [0.1, 0.15) is 11.3 Å². The van der Waals surface area contributed by atoms with Crippen LogP contribution in [0.1, 0.15) is 48.7 Å². The summed E-state index contributed by atoms with van der Waals surface area (Å²) in [5.41, 5.74) is 2.32. The molecule has 3 nitrogen and oxygen atoms in total. The van der Waals surface area contributed by atoms with Crippen LogP contribution in [0.25, 0.3) is 10.9 Å². The first kappa shape index (κ1) is 20.0. The van der Waals surface area contributed by atoms with Crippen molar-refractivity contribution < 1.29 is 9.18 Å². The molecular weight excluding hydrogens is 351 g/mol. The van der Waals surface area contributed by atoms with Gasteiger partial charge in [0.2, 0.25) is 0 Å². The number of hydrogen-bond donors (Lipinski definition) is 1. The molecule has 1 unspecified atom stereocenters. The van der Waals surface area contributed by atoms with Gasteiger partial charge in [-0.25, -0.2) is 4.39 Å². The second-order valence-electron chi connectivity index (χ2n) is 8.21. The van der Waals surface area contributed by atoms with Crippen LogP contribution in [0.15, 0.2) is 54.7 Å². The Kier molecular flexibility index (Phi) is 5.78. The molecule has 28 heavy (non-hydrogen) atoms. The Balaban J connectivity index is 1.91. The van der Waals surface area contributed by atoms with Crippen molar-refractivity contribution in [3.63, 3.8) is 0 Å². The summed E-state index contributed by atoms with van der Waals surface area (Å²) >= 11 is 0. The van der Waals surface area contributed by atoms with E-state index in [9.17, 15) is 9.18 Å². The van der Waals surface area contributed by atoms with Crippen LogP contribution < -0.4 is 5.32 Å². The zero-order valence-corrected chi connectivity index (χ0v) is 16.9. The third kappa shape index (κ3) is 4.38. The van der Waals surface area contributed by atoms with Gasteiger partial charge < -0.3 is 5.32 Å². The number of amides is 1. The first-order valence-electron chi connectivity index (χ1n) is 9.69. The van der Waals surface area contributed by atoms with Gasteiger partial charge in [-0.3, -0.25) is 9.78 Å². The first-order chi connectivity index (χ1) is 13.3. The predicted molar refractivity (Wildman–Crippen MR) is 112 cm³/mol. The smallest absolute Gasteiger partial charge is 0.253 e. The number of fused-ring (bicyclic) bond motifs is 1. The van der Waals surface area contributed by atoms with Crippen LogP contribution in [0.3, 0.4) is 0 Å². The molecule has 2 aromatic carbocycles. The van der Waals surface area contributed by atoms with E-state index in [1.54, 1.807) is 12.1 Å². The van der Waals surface area contributed by atoms with Gasteiger partial charge in [-0.2, -0.15) is 0 Å². The summed E-state index contributed by atoms with van der Waals surface area (Å²) in [5.74, 6) is -0.115. The van der Waals surface area contributed by atoms with Gasteiger partial charge in [-0.1, -0.05) is 56.3 Å². The van der Waals surface area contributed by atoms with Crippen LogP contribution in [-0.2, 0) is 6.42 Å². The molecule has 4 heteroatoms. The van der Waals surface area contributed by atoms with Crippen LogP contribution in [0.2, 0.25) is 0 Å². The Labute approximate surface area is 166 Å². The third-order valence-corrected chi connectivity index (χ3v) is 5.07. The molecule has 0 aliphatic rings. The normalized spacial score (nSPS) is 13.5. The molecule has 0 radical (unpaired) electrons. The number of pyridine rings is 1. The number of carbonyl (C=O) groups is 1. The van der Waals surface area contributed by atoms with E-state index in [1.165, 1.54) is 17.8 Å². The summed E-state index contributed by atoms with van der Waals surface area (Å²) in [6, 6.07) is 15.0. The van der Waals surface area contributed by atoms with Crippen molar-refractivity contribution in [3.05, 3.63) is 77.2 Å². The van der Waals surface area contributed by atoms with Gasteiger partial charge in [-0.15, -0.1) is 0 Å². The molecule has 0 saturated carbocycles. The molecule has 146 valence electrons. The number of hydrogen-bond acceptors (Lipinski definition) is 2. The molecule has 1 amide bonds. The van der Waals surface area contributed by atoms with E-state index in [2.05, 4.69) is 43.2 Å². The fourth-order valence-electron chi connectivity index (χ4n) is 4.01. The number of nitrogens with zero attached hydrogens (tertiary/aromatic N) is 1. The summed E-state index contributed by atoms with van der Waals surface area (Å²) in [6.07, 6.45) is 3.07. The predicted octanol–water partition coefficient (Wildman–Crippen LogP) is 5.46. The molecule has 3 rings (SSSR count). The second kappa shape index (κ2) is 8.09. The van der Waals surface area contributed by atoms with Crippen LogP contribution in [-0.4, -0.2) is 16.4 Å². The Morgan fingerprint density at radius 3 is 2.54 bits per heavy atom. The van der Waals surface area contributed by atoms with Gasteiger partial charge in [0.25, 0.3) is 5.91 Å². The van der Waals surface area contributed by atoms with E-state index in [0.29, 0.717) is 22.4 Å². The lowest BCUT2D eigenvalue weighted by atomic mass is 9.84. The molecule has 1 atom stereocenters. The molecule has 0 saturated heterocycles. The molecule has 1 aromatic heterocycles. The Morgan fingerprint density at radius 1 is 1.14 bits per heavy atom. The molecule has 1 N–H and O–H groups in total. The second-order valence-corrected chi connectivity index (χ2v) is 8.21. The summed E-state index contributed by atoms with van der Waals surface area (Å²) in [4.78, 5) is 17.3. The fraction of sp³-hybridized carbons (Fsp3) is 0.333. The number of aryl methyl sites for hydroxylation is 1. The van der Waals surface area contributed by atoms with E-state index >= 15 is 0 Å². The lowest BCUT2D eigenvalue weighted by molar-refractivity contribution is 0.0893. The van der Waals surface area contributed by atoms with Crippen molar-refractivity contribution in [3.8, 4) is 0 Å². The molecule has 0 aliphatic carbocycles. The maximum Gasteiger partial charge on any atom is 0.253 e. The molecule has 0 spiro atoms. The first-order valence-corrected chi connectivity index (χ1v) is 9.69.